The molecule has 3 rings (SSSR count). The van der Waals surface area contributed by atoms with Gasteiger partial charge in [0.25, 0.3) is 11.8 Å². The lowest BCUT2D eigenvalue weighted by Gasteiger charge is -2.39. The molecule has 2 fully saturated rings. The number of ether oxygens (including phenoxy) is 1. The Morgan fingerprint density at radius 3 is 2.59 bits per heavy atom. The molecule has 2 aliphatic rings. The molecule has 5 amide bonds. The van der Waals surface area contributed by atoms with Crippen LogP contribution < -0.4 is 16.8 Å². The van der Waals surface area contributed by atoms with E-state index in [0.717, 1.165) is 21.1 Å². The number of hydrogen-bond acceptors (Lipinski definition) is 11. The first kappa shape index (κ1) is 22.7. The highest BCUT2D eigenvalue weighted by atomic mass is 32.1. The highest BCUT2D eigenvalue weighted by Crippen LogP contribution is 2.25. The summed E-state index contributed by atoms with van der Waals surface area (Å²) < 4.78 is 4.78. The van der Waals surface area contributed by atoms with Crippen LogP contribution in [0.5, 0.6) is 0 Å². The van der Waals surface area contributed by atoms with Gasteiger partial charge in [-0.25, -0.2) is 19.4 Å². The average Bonchev–Trinajstić information content (AvgIpc) is 3.34. The second-order valence-corrected chi connectivity index (χ2v) is 7.64. The molecule has 15 nitrogen and oxygen atoms in total. The first-order valence-corrected chi connectivity index (χ1v) is 9.94. The van der Waals surface area contributed by atoms with Crippen molar-refractivity contribution in [1.82, 2.24) is 20.1 Å². The number of carboxylic acids is 1. The fourth-order valence-electron chi connectivity index (χ4n) is 3.27. The van der Waals surface area contributed by atoms with E-state index in [1.54, 1.807) is 0 Å². The fraction of sp³-hybridized carbons (Fsp3) is 0.438. The number of aromatic nitrogens is 1. The number of carbonyl (C=O) groups excluding carboxylic acids is 4. The molecular formula is C16H19N7O8S. The standard InChI is InChI=1S/C16H19N7O8S/c1-30-21-10(8-5-32-14(17)20-8)11(24)19-7-4-23(12(7)25)16(29)22-3-6(31-15(18)28)2-9(22)13(26)27/h5-7,9H,2-4H2,1H3,(H2,17,20)(H2,18,28)(H,19,24)(H,26,27)/t6-,7+,9+/m1/s1. The number of oxime groups is 1. The average molecular weight is 469 g/mol. The van der Waals surface area contributed by atoms with Gasteiger partial charge in [0, 0.05) is 11.8 Å². The van der Waals surface area contributed by atoms with E-state index in [2.05, 4.69) is 20.3 Å². The molecule has 0 saturated carbocycles. The van der Waals surface area contributed by atoms with Crippen molar-refractivity contribution >= 4 is 52.1 Å². The Kier molecular flexibility index (Phi) is 6.42. The van der Waals surface area contributed by atoms with Crippen molar-refractivity contribution in [3.05, 3.63) is 11.1 Å². The Balaban J connectivity index is 1.63. The number of hydrogen-bond donors (Lipinski definition) is 4. The number of thiazole rings is 1. The number of likely N-dealkylation sites (tertiary alicyclic amines) is 2. The number of primary amides is 1. The number of rotatable bonds is 6. The fourth-order valence-corrected chi connectivity index (χ4v) is 3.82. The molecule has 2 saturated heterocycles. The normalized spacial score (nSPS) is 22.8. The lowest BCUT2D eigenvalue weighted by Crippen LogP contribution is -2.68. The summed E-state index contributed by atoms with van der Waals surface area (Å²) in [7, 11) is 1.22. The number of imide groups is 1. The van der Waals surface area contributed by atoms with Crippen LogP contribution in [0.2, 0.25) is 0 Å². The Hall–Kier alpha value is -3.95. The predicted molar refractivity (Wildman–Crippen MR) is 106 cm³/mol. The first-order valence-electron chi connectivity index (χ1n) is 9.06. The summed E-state index contributed by atoms with van der Waals surface area (Å²) in [6, 6.07) is -3.24. The largest absolute Gasteiger partial charge is 0.480 e. The minimum atomic E-state index is -1.32. The maximum absolute atomic E-state index is 12.7. The number of carboxylic acid groups (broad SMARTS) is 1. The molecule has 0 spiro atoms. The van der Waals surface area contributed by atoms with Crippen LogP contribution in [0.25, 0.3) is 0 Å². The minimum Gasteiger partial charge on any atom is -0.480 e. The first-order chi connectivity index (χ1) is 15.1. The van der Waals surface area contributed by atoms with Gasteiger partial charge in [0.05, 0.1) is 13.1 Å². The monoisotopic (exact) mass is 469 g/mol. The van der Waals surface area contributed by atoms with Crippen LogP contribution in [-0.4, -0.2) is 93.9 Å². The Bertz CT molecular complexity index is 995. The number of aliphatic carboxylic acids is 1. The second-order valence-electron chi connectivity index (χ2n) is 6.75. The lowest BCUT2D eigenvalue weighted by molar-refractivity contribution is -0.145. The summed E-state index contributed by atoms with van der Waals surface area (Å²) in [6.07, 6.45) is -2.19. The number of nitrogen functional groups attached to an aromatic ring is 1. The molecule has 0 aliphatic carbocycles. The molecule has 6 N–H and O–H groups in total. The van der Waals surface area contributed by atoms with Gasteiger partial charge in [-0.05, 0) is 0 Å². The Morgan fingerprint density at radius 2 is 2.06 bits per heavy atom. The maximum Gasteiger partial charge on any atom is 0.404 e. The van der Waals surface area contributed by atoms with Crippen LogP contribution >= 0.6 is 11.3 Å². The Labute approximate surface area is 183 Å². The maximum atomic E-state index is 12.7. The van der Waals surface area contributed by atoms with Crippen LogP contribution in [0.1, 0.15) is 12.1 Å². The third-order valence-corrected chi connectivity index (χ3v) is 5.38. The summed E-state index contributed by atoms with van der Waals surface area (Å²) in [5.74, 6) is -2.85. The van der Waals surface area contributed by atoms with Gasteiger partial charge in [-0.1, -0.05) is 5.16 Å². The van der Waals surface area contributed by atoms with Crippen LogP contribution in [0, 0.1) is 0 Å². The molecular weight excluding hydrogens is 450 g/mol. The van der Waals surface area contributed by atoms with E-state index in [1.165, 1.54) is 12.5 Å². The van der Waals surface area contributed by atoms with Gasteiger partial charge in [-0.2, -0.15) is 0 Å². The zero-order chi connectivity index (χ0) is 23.6. The summed E-state index contributed by atoms with van der Waals surface area (Å²) in [4.78, 5) is 70.3. The molecule has 0 radical (unpaired) electrons. The third-order valence-electron chi connectivity index (χ3n) is 4.70. The molecule has 16 heteroatoms. The van der Waals surface area contributed by atoms with Gasteiger partial charge in [0.1, 0.15) is 31.0 Å². The van der Waals surface area contributed by atoms with E-state index in [-0.39, 0.29) is 36.0 Å². The van der Waals surface area contributed by atoms with Crippen LogP contribution in [0.15, 0.2) is 10.5 Å². The molecule has 1 aromatic rings. The summed E-state index contributed by atoms with van der Waals surface area (Å²) >= 11 is 1.08. The molecule has 0 unspecified atom stereocenters. The highest BCUT2D eigenvalue weighted by Gasteiger charge is 2.49. The summed E-state index contributed by atoms with van der Waals surface area (Å²) in [5.41, 5.74) is 10.4. The lowest BCUT2D eigenvalue weighted by atomic mass is 10.1. The van der Waals surface area contributed by atoms with Crippen LogP contribution in [0.4, 0.5) is 14.7 Å². The van der Waals surface area contributed by atoms with E-state index >= 15 is 0 Å². The number of carbonyl (C=O) groups is 5. The molecule has 172 valence electrons. The van der Waals surface area contributed by atoms with Crippen molar-refractivity contribution < 1.29 is 38.7 Å². The molecule has 3 atom stereocenters. The number of urea groups is 1. The van der Waals surface area contributed by atoms with Gasteiger partial charge in [-0.3, -0.25) is 14.5 Å². The van der Waals surface area contributed by atoms with Gasteiger partial charge >= 0.3 is 18.1 Å². The van der Waals surface area contributed by atoms with Gasteiger partial charge < -0.3 is 36.4 Å². The molecule has 0 bridgehead atoms. The van der Waals surface area contributed by atoms with Crippen molar-refractivity contribution in [3.63, 3.8) is 0 Å². The smallest absolute Gasteiger partial charge is 0.404 e. The molecule has 2 aliphatic heterocycles. The Morgan fingerprint density at radius 1 is 1.34 bits per heavy atom. The van der Waals surface area contributed by atoms with Crippen molar-refractivity contribution in [2.45, 2.75) is 24.6 Å². The topological polar surface area (TPSA) is 220 Å². The minimum absolute atomic E-state index is 0.147. The zero-order valence-corrected chi connectivity index (χ0v) is 17.4. The van der Waals surface area contributed by atoms with Gasteiger partial charge in [0.2, 0.25) is 0 Å². The zero-order valence-electron chi connectivity index (χ0n) is 16.6. The number of amides is 5. The van der Waals surface area contributed by atoms with Gasteiger partial charge in [0.15, 0.2) is 10.8 Å². The van der Waals surface area contributed by atoms with E-state index in [0.29, 0.717) is 0 Å². The highest BCUT2D eigenvalue weighted by molar-refractivity contribution is 7.13. The number of nitrogens with one attached hydrogen (secondary N) is 1. The SMILES string of the molecule is CON=C(C(=O)N[C@H]1CN(C(=O)N2C[C@H](OC(N)=O)C[C@H]2C(=O)O)C1=O)c1csc(N)n1. The summed E-state index contributed by atoms with van der Waals surface area (Å²) in [5, 5.41) is 17.0. The third kappa shape index (κ3) is 4.53. The quantitative estimate of drug-likeness (QED) is 0.207. The molecule has 1 aromatic heterocycles. The number of nitrogens with two attached hydrogens (primary N) is 2. The van der Waals surface area contributed by atoms with Crippen molar-refractivity contribution in [2.24, 2.45) is 10.9 Å². The summed E-state index contributed by atoms with van der Waals surface area (Å²) in [6.45, 7) is -0.442. The molecule has 0 aromatic carbocycles. The molecule has 3 heterocycles. The van der Waals surface area contributed by atoms with E-state index in [4.69, 9.17) is 16.2 Å². The van der Waals surface area contributed by atoms with Gasteiger partial charge in [-0.15, -0.1) is 11.3 Å². The van der Waals surface area contributed by atoms with Crippen LogP contribution in [0.3, 0.4) is 0 Å². The number of β-lactam (4-membered cyclic amide) rings is 1. The van der Waals surface area contributed by atoms with Crippen LogP contribution in [-0.2, 0) is 24.0 Å². The van der Waals surface area contributed by atoms with E-state index < -0.39 is 48.1 Å². The van der Waals surface area contributed by atoms with E-state index in [9.17, 15) is 29.1 Å². The van der Waals surface area contributed by atoms with Crippen molar-refractivity contribution in [2.75, 3.05) is 25.9 Å². The second kappa shape index (κ2) is 9.04. The number of anilines is 1. The van der Waals surface area contributed by atoms with E-state index in [1.807, 2.05) is 0 Å². The van der Waals surface area contributed by atoms with Crippen molar-refractivity contribution in [3.8, 4) is 0 Å². The molecule has 32 heavy (non-hydrogen) atoms. The predicted octanol–water partition coefficient (Wildman–Crippen LogP) is -1.85. The number of nitrogens with zero attached hydrogens (tertiary/aromatic N) is 4. The van der Waals surface area contributed by atoms with Crippen molar-refractivity contribution in [1.29, 1.82) is 0 Å².